The number of H-pyrrole nitrogens is 1. The zero-order valence-electron chi connectivity index (χ0n) is 7.85. The first-order chi connectivity index (χ1) is 7.25. The molecule has 7 nitrogen and oxygen atoms in total. The first-order valence-corrected chi connectivity index (χ1v) is 5.02. The maximum atomic E-state index is 4.05. The summed E-state index contributed by atoms with van der Waals surface area (Å²) in [5, 5.41) is 16.7. The van der Waals surface area contributed by atoms with E-state index in [1.165, 1.54) is 6.33 Å². The molecule has 0 saturated heterocycles. The molecule has 15 heavy (non-hydrogen) atoms. The van der Waals surface area contributed by atoms with Crippen LogP contribution in [0.4, 0.5) is 5.82 Å². The van der Waals surface area contributed by atoms with Gasteiger partial charge in [-0.1, -0.05) is 5.21 Å². The molecule has 2 aromatic heterocycles. The minimum atomic E-state index is -0.0643. The third-order valence-corrected chi connectivity index (χ3v) is 2.18. The second-order valence-electron chi connectivity index (χ2n) is 2.86. The van der Waals surface area contributed by atoms with Gasteiger partial charge in [0, 0.05) is 6.07 Å². The van der Waals surface area contributed by atoms with Crippen molar-refractivity contribution in [3.05, 3.63) is 22.8 Å². The van der Waals surface area contributed by atoms with Gasteiger partial charge in [-0.15, -0.1) is 10.2 Å². The molecule has 8 heteroatoms. The fraction of sp³-hybridized carbons (Fsp3) is 0.286. The summed E-state index contributed by atoms with van der Waals surface area (Å²) in [5.74, 6) is 1.29. The number of nitrogens with one attached hydrogen (secondary N) is 2. The van der Waals surface area contributed by atoms with Gasteiger partial charge in [0.25, 0.3) is 0 Å². The summed E-state index contributed by atoms with van der Waals surface area (Å²) in [7, 11) is 0. The summed E-state index contributed by atoms with van der Waals surface area (Å²) in [6.07, 6.45) is 1.47. The van der Waals surface area contributed by atoms with Crippen molar-refractivity contribution in [1.29, 1.82) is 0 Å². The molecule has 0 fully saturated rings. The highest BCUT2D eigenvalue weighted by Gasteiger charge is 2.10. The average molecular weight is 270 g/mol. The third kappa shape index (κ3) is 2.46. The topological polar surface area (TPSA) is 92.3 Å². The number of rotatable bonds is 3. The largest absolute Gasteiger partial charge is 0.360 e. The summed E-state index contributed by atoms with van der Waals surface area (Å²) in [6, 6.07) is 1.71. The Balaban J connectivity index is 2.09. The predicted molar refractivity (Wildman–Crippen MR) is 55.9 cm³/mol. The highest BCUT2D eigenvalue weighted by molar-refractivity contribution is 9.10. The number of aromatic nitrogens is 6. The predicted octanol–water partition coefficient (Wildman–Crippen LogP) is 0.925. The van der Waals surface area contributed by atoms with E-state index in [0.29, 0.717) is 11.6 Å². The van der Waals surface area contributed by atoms with Crippen molar-refractivity contribution >= 4 is 21.7 Å². The van der Waals surface area contributed by atoms with Crippen LogP contribution in [0.1, 0.15) is 18.8 Å². The van der Waals surface area contributed by atoms with E-state index in [1.54, 1.807) is 6.07 Å². The third-order valence-electron chi connectivity index (χ3n) is 1.75. The van der Waals surface area contributed by atoms with Crippen molar-refractivity contribution in [3.8, 4) is 0 Å². The normalized spacial score (nSPS) is 12.4. The molecule has 1 unspecified atom stereocenters. The second kappa shape index (κ2) is 4.30. The monoisotopic (exact) mass is 269 g/mol. The molecule has 0 aliphatic carbocycles. The van der Waals surface area contributed by atoms with E-state index in [4.69, 9.17) is 0 Å². The number of hydrogen-bond acceptors (Lipinski definition) is 6. The Labute approximate surface area is 93.8 Å². The minimum Gasteiger partial charge on any atom is -0.360 e. The smallest absolute Gasteiger partial charge is 0.196 e. The molecule has 0 bridgehead atoms. The molecule has 2 N–H and O–H groups in total. The molecule has 0 aliphatic rings. The fourth-order valence-electron chi connectivity index (χ4n) is 1.05. The molecular weight excluding hydrogens is 262 g/mol. The van der Waals surface area contributed by atoms with Crippen molar-refractivity contribution in [1.82, 2.24) is 30.6 Å². The number of hydrogen-bond donors (Lipinski definition) is 2. The Kier molecular flexibility index (Phi) is 2.86. The van der Waals surface area contributed by atoms with Crippen LogP contribution in [0.5, 0.6) is 0 Å². The lowest BCUT2D eigenvalue weighted by atomic mass is 10.3. The van der Waals surface area contributed by atoms with Crippen LogP contribution in [-0.4, -0.2) is 30.6 Å². The summed E-state index contributed by atoms with van der Waals surface area (Å²) in [6.45, 7) is 1.92. The molecule has 0 aliphatic heterocycles. The molecule has 2 heterocycles. The standard InChI is InChI=1S/C7H8BrN7/c1-4(7-12-14-15-13-7)11-6-2-5(8)9-3-10-6/h2-4H,1H3,(H,9,10,11)(H,12,13,14,15). The van der Waals surface area contributed by atoms with Crippen LogP contribution < -0.4 is 5.32 Å². The zero-order valence-corrected chi connectivity index (χ0v) is 9.43. The molecule has 1 atom stereocenters. The molecule has 0 amide bonds. The van der Waals surface area contributed by atoms with Gasteiger partial charge in [0.15, 0.2) is 5.82 Å². The first kappa shape index (κ1) is 9.97. The van der Waals surface area contributed by atoms with Crippen LogP contribution in [0.2, 0.25) is 0 Å². The lowest BCUT2D eigenvalue weighted by molar-refractivity contribution is 0.786. The number of halogens is 1. The molecule has 2 rings (SSSR count). The van der Waals surface area contributed by atoms with Gasteiger partial charge in [0.1, 0.15) is 16.7 Å². The first-order valence-electron chi connectivity index (χ1n) is 4.23. The molecule has 0 radical (unpaired) electrons. The molecule has 0 aromatic carbocycles. The summed E-state index contributed by atoms with van der Waals surface area (Å²) in [5.41, 5.74) is 0. The van der Waals surface area contributed by atoms with Gasteiger partial charge in [-0.25, -0.2) is 9.97 Å². The van der Waals surface area contributed by atoms with Gasteiger partial charge in [-0.05, 0) is 22.9 Å². The van der Waals surface area contributed by atoms with E-state index in [9.17, 15) is 0 Å². The summed E-state index contributed by atoms with van der Waals surface area (Å²) in [4.78, 5) is 7.98. The molecule has 2 aromatic rings. The number of anilines is 1. The van der Waals surface area contributed by atoms with Gasteiger partial charge in [0.2, 0.25) is 0 Å². The van der Waals surface area contributed by atoms with Crippen LogP contribution in [0.25, 0.3) is 0 Å². The van der Waals surface area contributed by atoms with E-state index in [0.717, 1.165) is 4.60 Å². The number of tetrazole rings is 1. The second-order valence-corrected chi connectivity index (χ2v) is 3.67. The van der Waals surface area contributed by atoms with Gasteiger partial charge in [-0.2, -0.15) is 5.21 Å². The molecule has 0 saturated carbocycles. The molecule has 78 valence electrons. The van der Waals surface area contributed by atoms with E-state index >= 15 is 0 Å². The Hall–Kier alpha value is -1.57. The quantitative estimate of drug-likeness (QED) is 0.806. The van der Waals surface area contributed by atoms with Crippen molar-refractivity contribution in [2.45, 2.75) is 13.0 Å². The fourth-order valence-corrected chi connectivity index (χ4v) is 1.36. The van der Waals surface area contributed by atoms with E-state index < -0.39 is 0 Å². The molecule has 0 spiro atoms. The summed E-state index contributed by atoms with van der Waals surface area (Å²) >= 11 is 3.26. The van der Waals surface area contributed by atoms with Crippen LogP contribution in [0.15, 0.2) is 17.0 Å². The van der Waals surface area contributed by atoms with E-state index in [2.05, 4.69) is 51.8 Å². The van der Waals surface area contributed by atoms with Crippen molar-refractivity contribution in [3.63, 3.8) is 0 Å². The Morgan fingerprint density at radius 1 is 1.47 bits per heavy atom. The van der Waals surface area contributed by atoms with Gasteiger partial charge >= 0.3 is 0 Å². The van der Waals surface area contributed by atoms with Crippen molar-refractivity contribution in [2.75, 3.05) is 5.32 Å². The van der Waals surface area contributed by atoms with Crippen molar-refractivity contribution in [2.24, 2.45) is 0 Å². The number of nitrogens with zero attached hydrogens (tertiary/aromatic N) is 5. The SMILES string of the molecule is CC(Nc1cc(Br)ncn1)c1nn[nH]n1. The van der Waals surface area contributed by atoms with E-state index in [-0.39, 0.29) is 6.04 Å². The van der Waals surface area contributed by atoms with Crippen LogP contribution in [-0.2, 0) is 0 Å². The summed E-state index contributed by atoms with van der Waals surface area (Å²) < 4.78 is 0.723. The lowest BCUT2D eigenvalue weighted by Gasteiger charge is -2.09. The number of aromatic amines is 1. The van der Waals surface area contributed by atoms with Gasteiger partial charge in [-0.3, -0.25) is 0 Å². The van der Waals surface area contributed by atoms with Crippen molar-refractivity contribution < 1.29 is 0 Å². The highest BCUT2D eigenvalue weighted by Crippen LogP contribution is 2.15. The van der Waals surface area contributed by atoms with Gasteiger partial charge < -0.3 is 5.32 Å². The zero-order chi connectivity index (χ0) is 10.7. The van der Waals surface area contributed by atoms with Crippen LogP contribution >= 0.6 is 15.9 Å². The Morgan fingerprint density at radius 2 is 2.33 bits per heavy atom. The Bertz CT molecular complexity index is 429. The minimum absolute atomic E-state index is 0.0643. The van der Waals surface area contributed by atoms with Gasteiger partial charge in [0.05, 0.1) is 6.04 Å². The van der Waals surface area contributed by atoms with E-state index in [1.807, 2.05) is 6.92 Å². The Morgan fingerprint density at radius 3 is 3.00 bits per heavy atom. The van der Waals surface area contributed by atoms with Crippen LogP contribution in [0.3, 0.4) is 0 Å². The lowest BCUT2D eigenvalue weighted by Crippen LogP contribution is -2.09. The maximum absolute atomic E-state index is 4.05. The maximum Gasteiger partial charge on any atom is 0.196 e. The average Bonchev–Trinajstić information content (AvgIpc) is 2.70. The highest BCUT2D eigenvalue weighted by atomic mass is 79.9. The van der Waals surface area contributed by atoms with Crippen LogP contribution in [0, 0.1) is 0 Å². The molecular formula is C7H8BrN7.